The number of carbonyl (C=O) groups excluding carboxylic acids is 1. The van der Waals surface area contributed by atoms with Crippen molar-refractivity contribution in [1.82, 2.24) is 9.80 Å². The summed E-state index contributed by atoms with van der Waals surface area (Å²) in [6, 6.07) is -0.429. The number of carboxylic acid groups (broad SMARTS) is 1. The Balaban J connectivity index is 2.02. The number of rotatable bonds is 1. The fraction of sp³-hybridized carbons (Fsp3) is 0.778. The van der Waals surface area contributed by atoms with Gasteiger partial charge in [0.15, 0.2) is 0 Å². The van der Waals surface area contributed by atoms with Crippen LogP contribution in [0.2, 0.25) is 0 Å². The van der Waals surface area contributed by atoms with Crippen LogP contribution >= 0.6 is 11.8 Å². The number of carbonyl (C=O) groups is 2. The quantitative estimate of drug-likeness (QED) is 0.719. The minimum atomic E-state index is -0.974. The SMILES string of the molecule is O=C([C@@H]1CCCN1C(=O)O)N1CCSC1. The van der Waals surface area contributed by atoms with Crippen molar-refractivity contribution in [2.24, 2.45) is 0 Å². The Kier molecular flexibility index (Phi) is 3.04. The van der Waals surface area contributed by atoms with Gasteiger partial charge in [0.25, 0.3) is 0 Å². The van der Waals surface area contributed by atoms with Gasteiger partial charge >= 0.3 is 6.09 Å². The minimum Gasteiger partial charge on any atom is -0.465 e. The van der Waals surface area contributed by atoms with E-state index in [1.165, 1.54) is 4.90 Å². The molecule has 6 heteroatoms. The zero-order valence-electron chi connectivity index (χ0n) is 8.39. The van der Waals surface area contributed by atoms with Gasteiger partial charge in [0.05, 0.1) is 5.88 Å². The zero-order chi connectivity index (χ0) is 10.8. The van der Waals surface area contributed by atoms with E-state index in [9.17, 15) is 9.59 Å². The Hall–Kier alpha value is -0.910. The summed E-state index contributed by atoms with van der Waals surface area (Å²) in [5, 5.41) is 8.93. The van der Waals surface area contributed by atoms with Gasteiger partial charge in [-0.15, -0.1) is 11.8 Å². The highest BCUT2D eigenvalue weighted by atomic mass is 32.2. The van der Waals surface area contributed by atoms with Gasteiger partial charge in [-0.05, 0) is 12.8 Å². The minimum absolute atomic E-state index is 0.0140. The number of thioether (sulfide) groups is 1. The van der Waals surface area contributed by atoms with E-state index in [4.69, 9.17) is 5.11 Å². The van der Waals surface area contributed by atoms with Gasteiger partial charge in [0.2, 0.25) is 5.91 Å². The van der Waals surface area contributed by atoms with Gasteiger partial charge in [0.1, 0.15) is 6.04 Å². The number of amides is 2. The maximum absolute atomic E-state index is 12.0. The molecule has 0 aromatic heterocycles. The number of hydrogen-bond donors (Lipinski definition) is 1. The molecule has 84 valence electrons. The normalized spacial score (nSPS) is 26.0. The zero-order valence-corrected chi connectivity index (χ0v) is 9.20. The summed E-state index contributed by atoms with van der Waals surface area (Å²) in [6.45, 7) is 1.25. The van der Waals surface area contributed by atoms with Crippen LogP contribution in [0.15, 0.2) is 0 Å². The molecule has 0 aromatic rings. The smallest absolute Gasteiger partial charge is 0.407 e. The van der Waals surface area contributed by atoms with Gasteiger partial charge in [-0.1, -0.05) is 0 Å². The first-order valence-corrected chi connectivity index (χ1v) is 6.21. The van der Waals surface area contributed by atoms with Crippen LogP contribution in [-0.4, -0.2) is 57.7 Å². The van der Waals surface area contributed by atoms with E-state index in [0.717, 1.165) is 18.7 Å². The van der Waals surface area contributed by atoms with Gasteiger partial charge < -0.3 is 10.0 Å². The Morgan fingerprint density at radius 1 is 1.33 bits per heavy atom. The molecule has 5 nitrogen and oxygen atoms in total. The fourth-order valence-corrected chi connectivity index (χ4v) is 3.01. The van der Waals surface area contributed by atoms with Crippen LogP contribution in [-0.2, 0) is 4.79 Å². The largest absolute Gasteiger partial charge is 0.465 e. The lowest BCUT2D eigenvalue weighted by molar-refractivity contribution is -0.133. The van der Waals surface area contributed by atoms with Gasteiger partial charge in [-0.2, -0.15) is 0 Å². The molecular weight excluding hydrogens is 216 g/mol. The number of hydrogen-bond acceptors (Lipinski definition) is 3. The molecule has 0 bridgehead atoms. The summed E-state index contributed by atoms with van der Waals surface area (Å²) in [5.41, 5.74) is 0. The summed E-state index contributed by atoms with van der Waals surface area (Å²) >= 11 is 1.72. The maximum atomic E-state index is 12.0. The van der Waals surface area contributed by atoms with Crippen molar-refractivity contribution in [3.8, 4) is 0 Å². The van der Waals surface area contributed by atoms with Crippen LogP contribution in [0.4, 0.5) is 4.79 Å². The molecule has 2 amide bonds. The molecule has 2 aliphatic heterocycles. The van der Waals surface area contributed by atoms with Crippen molar-refractivity contribution < 1.29 is 14.7 Å². The number of nitrogens with zero attached hydrogens (tertiary/aromatic N) is 2. The maximum Gasteiger partial charge on any atom is 0.407 e. The van der Waals surface area contributed by atoms with Crippen LogP contribution in [0.5, 0.6) is 0 Å². The lowest BCUT2D eigenvalue weighted by atomic mass is 10.2. The van der Waals surface area contributed by atoms with Crippen molar-refractivity contribution in [3.05, 3.63) is 0 Å². The van der Waals surface area contributed by atoms with Crippen molar-refractivity contribution in [3.63, 3.8) is 0 Å². The van der Waals surface area contributed by atoms with E-state index < -0.39 is 12.1 Å². The summed E-state index contributed by atoms with van der Waals surface area (Å²) < 4.78 is 0. The highest BCUT2D eigenvalue weighted by molar-refractivity contribution is 7.99. The molecule has 0 aliphatic carbocycles. The molecule has 2 rings (SSSR count). The molecule has 2 heterocycles. The van der Waals surface area contributed by atoms with Crippen LogP contribution in [0.25, 0.3) is 0 Å². The van der Waals surface area contributed by atoms with E-state index in [1.54, 1.807) is 16.7 Å². The molecule has 1 atom stereocenters. The molecule has 2 saturated heterocycles. The molecule has 1 N–H and O–H groups in total. The molecule has 0 aromatic carbocycles. The van der Waals surface area contributed by atoms with E-state index >= 15 is 0 Å². The third kappa shape index (κ3) is 2.04. The van der Waals surface area contributed by atoms with Crippen LogP contribution < -0.4 is 0 Å². The first kappa shape index (κ1) is 10.6. The second-order valence-electron chi connectivity index (χ2n) is 3.77. The van der Waals surface area contributed by atoms with Crippen molar-refractivity contribution in [2.45, 2.75) is 18.9 Å². The predicted octanol–water partition coefficient (Wildman–Crippen LogP) is 0.662. The van der Waals surface area contributed by atoms with Crippen molar-refractivity contribution in [1.29, 1.82) is 0 Å². The Bertz CT molecular complexity index is 279. The number of likely N-dealkylation sites (tertiary alicyclic amines) is 1. The Morgan fingerprint density at radius 2 is 2.13 bits per heavy atom. The van der Waals surface area contributed by atoms with E-state index in [2.05, 4.69) is 0 Å². The molecular formula is C9H14N2O3S. The summed E-state index contributed by atoms with van der Waals surface area (Å²) in [7, 11) is 0. The Labute approximate surface area is 92.4 Å². The molecule has 0 unspecified atom stereocenters. The van der Waals surface area contributed by atoms with Crippen LogP contribution in [0.1, 0.15) is 12.8 Å². The van der Waals surface area contributed by atoms with Crippen LogP contribution in [0.3, 0.4) is 0 Å². The average molecular weight is 230 g/mol. The third-order valence-electron chi connectivity index (χ3n) is 2.85. The lowest BCUT2D eigenvalue weighted by Gasteiger charge is -2.25. The average Bonchev–Trinajstić information content (AvgIpc) is 2.88. The van der Waals surface area contributed by atoms with Gasteiger partial charge in [-0.3, -0.25) is 9.69 Å². The standard InChI is InChI=1S/C9H14N2O3S/c12-8(10-4-5-15-6-10)7-2-1-3-11(7)9(13)14/h7H,1-6H2,(H,13,14)/t7-/m0/s1. The summed E-state index contributed by atoms with van der Waals surface area (Å²) in [4.78, 5) is 25.9. The highest BCUT2D eigenvalue weighted by Gasteiger charge is 2.37. The third-order valence-corrected chi connectivity index (χ3v) is 3.81. The summed E-state index contributed by atoms with van der Waals surface area (Å²) in [5.74, 6) is 1.66. The topological polar surface area (TPSA) is 60.9 Å². The van der Waals surface area contributed by atoms with Crippen molar-refractivity contribution in [2.75, 3.05) is 24.7 Å². The molecule has 15 heavy (non-hydrogen) atoms. The van der Waals surface area contributed by atoms with Gasteiger partial charge in [0, 0.05) is 18.8 Å². The predicted molar refractivity (Wildman–Crippen MR) is 56.8 cm³/mol. The van der Waals surface area contributed by atoms with E-state index in [0.29, 0.717) is 18.8 Å². The monoisotopic (exact) mass is 230 g/mol. The summed E-state index contributed by atoms with van der Waals surface area (Å²) in [6.07, 6.45) is 0.494. The second kappa shape index (κ2) is 4.30. The highest BCUT2D eigenvalue weighted by Crippen LogP contribution is 2.22. The van der Waals surface area contributed by atoms with Crippen LogP contribution in [0, 0.1) is 0 Å². The van der Waals surface area contributed by atoms with E-state index in [1.807, 2.05) is 0 Å². The fourth-order valence-electron chi connectivity index (χ4n) is 2.05. The van der Waals surface area contributed by atoms with E-state index in [-0.39, 0.29) is 5.91 Å². The first-order chi connectivity index (χ1) is 7.20. The first-order valence-electron chi connectivity index (χ1n) is 5.06. The van der Waals surface area contributed by atoms with Crippen molar-refractivity contribution >= 4 is 23.8 Å². The van der Waals surface area contributed by atoms with Gasteiger partial charge in [-0.25, -0.2) is 4.79 Å². The molecule has 0 radical (unpaired) electrons. The Morgan fingerprint density at radius 3 is 2.73 bits per heavy atom. The molecule has 2 fully saturated rings. The second-order valence-corrected chi connectivity index (χ2v) is 4.85. The molecule has 0 saturated carbocycles. The lowest BCUT2D eigenvalue weighted by Crippen LogP contribution is -2.46. The molecule has 2 aliphatic rings. The molecule has 0 spiro atoms.